The predicted molar refractivity (Wildman–Crippen MR) is 128 cm³/mol. The molecule has 0 radical (unpaired) electrons. The molecule has 7 heteroatoms. The van der Waals surface area contributed by atoms with E-state index in [4.69, 9.17) is 9.47 Å². The van der Waals surface area contributed by atoms with Gasteiger partial charge in [0.15, 0.2) is 5.78 Å². The summed E-state index contributed by atoms with van der Waals surface area (Å²) in [6.45, 7) is 0. The van der Waals surface area contributed by atoms with Crippen LogP contribution in [0.1, 0.15) is 57.4 Å². The van der Waals surface area contributed by atoms with Crippen molar-refractivity contribution in [3.63, 3.8) is 0 Å². The van der Waals surface area contributed by atoms with Crippen molar-refractivity contribution in [2.24, 2.45) is 0 Å². The number of benzene rings is 4. The van der Waals surface area contributed by atoms with Gasteiger partial charge in [0, 0.05) is 11.1 Å². The van der Waals surface area contributed by atoms with Crippen LogP contribution in [-0.2, 0) is 9.47 Å². The number of hydrogen-bond donors (Lipinski definition) is 0. The van der Waals surface area contributed by atoms with Gasteiger partial charge in [0.25, 0.3) is 0 Å². The van der Waals surface area contributed by atoms with Crippen molar-refractivity contribution in [2.45, 2.75) is 0 Å². The number of carbonyl (C=O) groups excluding carboxylic acids is 5. The molecule has 0 N–H and O–H groups in total. The Morgan fingerprint density at radius 3 is 1.17 bits per heavy atom. The first-order valence-electron chi connectivity index (χ1n) is 10.9. The van der Waals surface area contributed by atoms with E-state index in [0.29, 0.717) is 11.1 Å². The van der Waals surface area contributed by atoms with E-state index in [-0.39, 0.29) is 33.4 Å². The number of fused-ring (bicyclic) bond motifs is 3. The van der Waals surface area contributed by atoms with Gasteiger partial charge in [-0.3, -0.25) is 4.79 Å². The van der Waals surface area contributed by atoms with E-state index in [1.54, 1.807) is 48.5 Å². The van der Waals surface area contributed by atoms with Crippen molar-refractivity contribution >= 4 is 29.7 Å². The lowest BCUT2D eigenvalue weighted by atomic mass is 10.0. The third-order valence-corrected chi connectivity index (χ3v) is 5.68. The maximum Gasteiger partial charge on any atom is 0.346 e. The van der Waals surface area contributed by atoms with E-state index in [0.717, 1.165) is 0 Å². The van der Waals surface area contributed by atoms with Gasteiger partial charge in [-0.15, -0.1) is 0 Å². The van der Waals surface area contributed by atoms with Gasteiger partial charge in [0.05, 0.1) is 22.3 Å². The van der Waals surface area contributed by atoms with Crippen LogP contribution in [0.2, 0.25) is 0 Å². The van der Waals surface area contributed by atoms with Gasteiger partial charge in [0.2, 0.25) is 0 Å². The average molecular weight is 476 g/mol. The minimum Gasteiger partial charge on any atom is -0.386 e. The summed E-state index contributed by atoms with van der Waals surface area (Å²) in [7, 11) is 0. The molecule has 7 nitrogen and oxygen atoms in total. The van der Waals surface area contributed by atoms with Gasteiger partial charge < -0.3 is 9.47 Å². The minimum atomic E-state index is -0.890. The molecule has 1 aliphatic carbocycles. The summed E-state index contributed by atoms with van der Waals surface area (Å²) in [6, 6.07) is 24.9. The van der Waals surface area contributed by atoms with Crippen molar-refractivity contribution < 1.29 is 33.4 Å². The molecular formula is C29H16O7. The van der Waals surface area contributed by atoms with Crippen LogP contribution in [0.4, 0.5) is 0 Å². The topological polar surface area (TPSA) is 104 Å². The number of rotatable bonds is 4. The molecule has 0 saturated heterocycles. The zero-order valence-electron chi connectivity index (χ0n) is 18.6. The first kappa shape index (κ1) is 22.6. The Bertz CT molecular complexity index is 1440. The molecule has 0 saturated carbocycles. The Hall–Kier alpha value is -5.17. The maximum atomic E-state index is 13.1. The fourth-order valence-corrected chi connectivity index (χ4v) is 3.89. The highest BCUT2D eigenvalue weighted by atomic mass is 16.6. The molecule has 0 atom stereocenters. The molecule has 4 aromatic carbocycles. The quantitative estimate of drug-likeness (QED) is 0.269. The van der Waals surface area contributed by atoms with Gasteiger partial charge in [-0.05, 0) is 59.7 Å². The van der Waals surface area contributed by atoms with E-state index in [1.165, 1.54) is 48.5 Å². The highest BCUT2D eigenvalue weighted by molar-refractivity contribution is 6.23. The number of ketones is 1. The first-order chi connectivity index (χ1) is 17.4. The summed E-state index contributed by atoms with van der Waals surface area (Å²) in [6.07, 6.45) is 0. The van der Waals surface area contributed by atoms with E-state index >= 15 is 0 Å². The zero-order valence-corrected chi connectivity index (χ0v) is 18.6. The molecule has 0 amide bonds. The molecule has 0 bridgehead atoms. The van der Waals surface area contributed by atoms with E-state index in [2.05, 4.69) is 0 Å². The SMILES string of the molecule is O=C(OC(=O)c1ccc2c(c1)C(=O)c1cc(C(=O)OC(=O)c3ccccc3)ccc1-2)c1ccccc1. The lowest BCUT2D eigenvalue weighted by Gasteiger charge is -2.06. The lowest BCUT2D eigenvalue weighted by molar-refractivity contribution is 0.0380. The van der Waals surface area contributed by atoms with Crippen molar-refractivity contribution in [1.29, 1.82) is 0 Å². The molecule has 0 aromatic heterocycles. The minimum absolute atomic E-state index is 0.0345. The van der Waals surface area contributed by atoms with Crippen molar-refractivity contribution in [3.05, 3.63) is 130 Å². The fourth-order valence-electron chi connectivity index (χ4n) is 3.89. The highest BCUT2D eigenvalue weighted by Crippen LogP contribution is 2.37. The van der Waals surface area contributed by atoms with E-state index in [9.17, 15) is 24.0 Å². The predicted octanol–water partition coefficient (Wildman–Crippen LogP) is 4.89. The van der Waals surface area contributed by atoms with Crippen LogP contribution >= 0.6 is 0 Å². The lowest BCUT2D eigenvalue weighted by Crippen LogP contribution is -2.13. The molecule has 0 heterocycles. The van der Waals surface area contributed by atoms with Crippen molar-refractivity contribution in [3.8, 4) is 11.1 Å². The molecule has 1 aliphatic rings. The smallest absolute Gasteiger partial charge is 0.346 e. The summed E-state index contributed by atoms with van der Waals surface area (Å²) in [5, 5.41) is 0. The molecule has 0 fully saturated rings. The Labute approximate surface area is 204 Å². The summed E-state index contributed by atoms with van der Waals surface area (Å²) >= 11 is 0. The molecule has 0 aliphatic heterocycles. The third kappa shape index (κ3) is 4.21. The summed E-state index contributed by atoms with van der Waals surface area (Å²) in [5.74, 6) is -3.79. The molecule has 0 unspecified atom stereocenters. The summed E-state index contributed by atoms with van der Waals surface area (Å²) in [5.41, 5.74) is 2.12. The average Bonchev–Trinajstić information content (AvgIpc) is 3.20. The van der Waals surface area contributed by atoms with Gasteiger partial charge in [-0.25, -0.2) is 19.2 Å². The molecule has 4 aromatic rings. The third-order valence-electron chi connectivity index (χ3n) is 5.68. The number of carbonyl (C=O) groups is 5. The van der Waals surface area contributed by atoms with Crippen LogP contribution in [0.25, 0.3) is 11.1 Å². The van der Waals surface area contributed by atoms with Crippen LogP contribution in [-0.4, -0.2) is 29.7 Å². The monoisotopic (exact) mass is 476 g/mol. The Morgan fingerprint density at radius 2 is 0.778 bits per heavy atom. The van der Waals surface area contributed by atoms with Crippen molar-refractivity contribution in [1.82, 2.24) is 0 Å². The fraction of sp³-hybridized carbons (Fsp3) is 0. The maximum absolute atomic E-state index is 13.1. The van der Waals surface area contributed by atoms with Gasteiger partial charge in [-0.2, -0.15) is 0 Å². The normalized spacial score (nSPS) is 11.3. The Balaban J connectivity index is 1.35. The summed E-state index contributed by atoms with van der Waals surface area (Å²) < 4.78 is 9.87. The molecule has 5 rings (SSSR count). The van der Waals surface area contributed by atoms with E-state index < -0.39 is 29.7 Å². The molecule has 36 heavy (non-hydrogen) atoms. The Kier molecular flexibility index (Phi) is 5.80. The number of esters is 4. The second-order valence-corrected chi connectivity index (χ2v) is 7.94. The summed E-state index contributed by atoms with van der Waals surface area (Å²) in [4.78, 5) is 62.5. The highest BCUT2D eigenvalue weighted by Gasteiger charge is 2.29. The first-order valence-corrected chi connectivity index (χ1v) is 10.9. The van der Waals surface area contributed by atoms with Gasteiger partial charge in [0.1, 0.15) is 0 Å². The largest absolute Gasteiger partial charge is 0.386 e. The second-order valence-electron chi connectivity index (χ2n) is 7.94. The van der Waals surface area contributed by atoms with Crippen molar-refractivity contribution in [2.75, 3.05) is 0 Å². The van der Waals surface area contributed by atoms with Crippen LogP contribution in [0.3, 0.4) is 0 Å². The molecular weight excluding hydrogens is 460 g/mol. The van der Waals surface area contributed by atoms with Gasteiger partial charge in [-0.1, -0.05) is 48.5 Å². The van der Waals surface area contributed by atoms with E-state index in [1.807, 2.05) is 0 Å². The second kappa shape index (κ2) is 9.23. The zero-order chi connectivity index (χ0) is 25.2. The molecule has 174 valence electrons. The number of hydrogen-bond acceptors (Lipinski definition) is 7. The number of ether oxygens (including phenoxy) is 2. The standard InChI is InChI=1S/C29H16O7/c30-25-23-15-19(28(33)35-26(31)17-7-3-1-4-8-17)11-13-21(23)22-14-12-20(16-24(22)25)29(34)36-27(32)18-9-5-2-6-10-18/h1-16H. The van der Waals surface area contributed by atoms with Gasteiger partial charge >= 0.3 is 23.9 Å². The Morgan fingerprint density at radius 1 is 0.417 bits per heavy atom. The van der Waals surface area contributed by atoms with Crippen LogP contribution in [0, 0.1) is 0 Å². The van der Waals surface area contributed by atoms with Crippen LogP contribution < -0.4 is 0 Å². The van der Waals surface area contributed by atoms with Crippen LogP contribution in [0.5, 0.6) is 0 Å². The van der Waals surface area contributed by atoms with Crippen LogP contribution in [0.15, 0.2) is 97.1 Å². The molecule has 0 spiro atoms.